The van der Waals surface area contributed by atoms with Crippen LogP contribution in [-0.4, -0.2) is 39.5 Å². The fourth-order valence-corrected chi connectivity index (χ4v) is 4.82. The first-order chi connectivity index (χ1) is 11.9. The molecule has 134 valence electrons. The molecule has 1 aliphatic heterocycles. The van der Waals surface area contributed by atoms with Crippen LogP contribution in [0.25, 0.3) is 0 Å². The van der Waals surface area contributed by atoms with Gasteiger partial charge in [-0.2, -0.15) is 4.31 Å². The van der Waals surface area contributed by atoms with Gasteiger partial charge in [0, 0.05) is 19.6 Å². The van der Waals surface area contributed by atoms with Crippen molar-refractivity contribution in [3.05, 3.63) is 59.4 Å². The lowest BCUT2D eigenvalue weighted by Gasteiger charge is -2.35. The van der Waals surface area contributed by atoms with Gasteiger partial charge in [-0.1, -0.05) is 12.1 Å². The first kappa shape index (κ1) is 17.8. The molecule has 1 aliphatic rings. The molecule has 0 bridgehead atoms. The summed E-state index contributed by atoms with van der Waals surface area (Å²) in [4.78, 5) is 0.217. The molecule has 25 heavy (non-hydrogen) atoms. The summed E-state index contributed by atoms with van der Waals surface area (Å²) in [6, 6.07) is 10.5. The maximum absolute atomic E-state index is 13.6. The molecule has 0 amide bonds. The predicted molar refractivity (Wildman–Crippen MR) is 93.6 cm³/mol. The van der Waals surface area contributed by atoms with Crippen LogP contribution in [0.3, 0.4) is 0 Å². The summed E-state index contributed by atoms with van der Waals surface area (Å²) in [7, 11) is -2.16. The van der Waals surface area contributed by atoms with E-state index in [0.29, 0.717) is 30.9 Å². The van der Waals surface area contributed by atoms with Crippen molar-refractivity contribution in [2.45, 2.75) is 17.9 Å². The molecule has 1 heterocycles. The minimum atomic E-state index is -3.70. The maximum atomic E-state index is 13.6. The standard InChI is InChI=1S/C18H21FN2O3S/c1-13-10-16(6-7-18(13)24-2)25(22,23)21-9-8-20-12-17(21)14-4-3-5-15(19)11-14/h3-7,10-11,17,20H,8-9,12H2,1-2H3. The number of nitrogens with one attached hydrogen (secondary N) is 1. The molecular formula is C18H21FN2O3S. The Labute approximate surface area is 147 Å². The molecule has 2 aromatic carbocycles. The van der Waals surface area contributed by atoms with Crippen LogP contribution in [0, 0.1) is 12.7 Å². The number of halogens is 1. The third kappa shape index (κ3) is 3.53. The van der Waals surface area contributed by atoms with E-state index in [1.54, 1.807) is 44.4 Å². The number of nitrogens with zero attached hydrogens (tertiary/aromatic N) is 1. The molecule has 2 aromatic rings. The predicted octanol–water partition coefficient (Wildman–Crippen LogP) is 2.48. The Morgan fingerprint density at radius 2 is 2.04 bits per heavy atom. The van der Waals surface area contributed by atoms with Gasteiger partial charge in [0.25, 0.3) is 0 Å². The molecule has 1 unspecified atom stereocenters. The molecular weight excluding hydrogens is 343 g/mol. The summed E-state index contributed by atoms with van der Waals surface area (Å²) in [5.74, 6) is 0.265. The van der Waals surface area contributed by atoms with Gasteiger partial charge in [-0.3, -0.25) is 0 Å². The van der Waals surface area contributed by atoms with Gasteiger partial charge in [-0.15, -0.1) is 0 Å². The zero-order valence-corrected chi connectivity index (χ0v) is 15.0. The van der Waals surface area contributed by atoms with Gasteiger partial charge in [-0.05, 0) is 48.4 Å². The van der Waals surface area contributed by atoms with Crippen LogP contribution in [0.5, 0.6) is 5.75 Å². The Morgan fingerprint density at radius 1 is 1.24 bits per heavy atom. The molecule has 1 atom stereocenters. The number of benzene rings is 2. The Hall–Kier alpha value is -1.96. The normalized spacial score (nSPS) is 18.9. The number of methoxy groups -OCH3 is 1. The molecule has 0 spiro atoms. The Morgan fingerprint density at radius 3 is 2.72 bits per heavy atom. The van der Waals surface area contributed by atoms with Crippen LogP contribution >= 0.6 is 0 Å². The average Bonchev–Trinajstić information content (AvgIpc) is 2.61. The molecule has 0 saturated carbocycles. The third-order valence-corrected chi connectivity index (χ3v) is 6.30. The van der Waals surface area contributed by atoms with E-state index in [0.717, 1.165) is 5.56 Å². The van der Waals surface area contributed by atoms with Crippen LogP contribution in [-0.2, 0) is 10.0 Å². The van der Waals surface area contributed by atoms with Gasteiger partial charge >= 0.3 is 0 Å². The number of rotatable bonds is 4. The number of aryl methyl sites for hydroxylation is 1. The van der Waals surface area contributed by atoms with Crippen molar-refractivity contribution in [3.63, 3.8) is 0 Å². The maximum Gasteiger partial charge on any atom is 0.243 e. The minimum absolute atomic E-state index is 0.217. The molecule has 0 aliphatic carbocycles. The molecule has 0 radical (unpaired) electrons. The summed E-state index contributed by atoms with van der Waals surface area (Å²) in [5.41, 5.74) is 1.39. The zero-order chi connectivity index (χ0) is 18.0. The van der Waals surface area contributed by atoms with Gasteiger partial charge in [-0.25, -0.2) is 12.8 Å². The highest BCUT2D eigenvalue weighted by Gasteiger charge is 2.34. The molecule has 1 saturated heterocycles. The number of hydrogen-bond acceptors (Lipinski definition) is 4. The van der Waals surface area contributed by atoms with E-state index in [1.807, 2.05) is 0 Å². The average molecular weight is 364 g/mol. The highest BCUT2D eigenvalue weighted by Crippen LogP contribution is 2.31. The molecule has 7 heteroatoms. The van der Waals surface area contributed by atoms with Gasteiger partial charge in [0.1, 0.15) is 11.6 Å². The molecule has 1 N–H and O–H groups in total. The van der Waals surface area contributed by atoms with E-state index in [-0.39, 0.29) is 10.7 Å². The van der Waals surface area contributed by atoms with Gasteiger partial charge < -0.3 is 10.1 Å². The van der Waals surface area contributed by atoms with E-state index in [1.165, 1.54) is 16.4 Å². The summed E-state index contributed by atoms with van der Waals surface area (Å²) >= 11 is 0. The van der Waals surface area contributed by atoms with Crippen LogP contribution in [0.2, 0.25) is 0 Å². The van der Waals surface area contributed by atoms with Crippen LogP contribution in [0.15, 0.2) is 47.4 Å². The van der Waals surface area contributed by atoms with Crippen molar-refractivity contribution in [2.75, 3.05) is 26.7 Å². The smallest absolute Gasteiger partial charge is 0.243 e. The van der Waals surface area contributed by atoms with E-state index >= 15 is 0 Å². The van der Waals surface area contributed by atoms with Crippen LogP contribution in [0.1, 0.15) is 17.2 Å². The van der Waals surface area contributed by atoms with Crippen molar-refractivity contribution in [3.8, 4) is 5.75 Å². The highest BCUT2D eigenvalue weighted by atomic mass is 32.2. The van der Waals surface area contributed by atoms with Crippen LogP contribution < -0.4 is 10.1 Å². The third-order valence-electron chi connectivity index (χ3n) is 4.40. The lowest BCUT2D eigenvalue weighted by Crippen LogP contribution is -2.48. The number of ether oxygens (including phenoxy) is 1. The molecule has 1 fully saturated rings. The Balaban J connectivity index is 2.00. The lowest BCUT2D eigenvalue weighted by atomic mass is 10.1. The molecule has 0 aromatic heterocycles. The quantitative estimate of drug-likeness (QED) is 0.906. The van der Waals surface area contributed by atoms with Gasteiger partial charge in [0.15, 0.2) is 0 Å². The second-order valence-corrected chi connectivity index (χ2v) is 7.91. The summed E-state index contributed by atoms with van der Waals surface area (Å²) < 4.78 is 46.6. The number of piperazine rings is 1. The van der Waals surface area contributed by atoms with Crippen LogP contribution in [0.4, 0.5) is 4.39 Å². The van der Waals surface area contributed by atoms with Gasteiger partial charge in [0.05, 0.1) is 18.0 Å². The lowest BCUT2D eigenvalue weighted by molar-refractivity contribution is 0.271. The first-order valence-corrected chi connectivity index (χ1v) is 9.50. The number of hydrogen-bond donors (Lipinski definition) is 1. The van der Waals surface area contributed by atoms with Crippen molar-refractivity contribution in [1.82, 2.24) is 9.62 Å². The SMILES string of the molecule is COc1ccc(S(=O)(=O)N2CCNCC2c2cccc(F)c2)cc1C. The van der Waals surface area contributed by atoms with Crippen molar-refractivity contribution in [1.29, 1.82) is 0 Å². The largest absolute Gasteiger partial charge is 0.496 e. The second kappa shape index (κ2) is 7.11. The van der Waals surface area contributed by atoms with E-state index in [4.69, 9.17) is 4.74 Å². The molecule has 5 nitrogen and oxygen atoms in total. The molecule has 3 rings (SSSR count). The fraction of sp³-hybridized carbons (Fsp3) is 0.333. The van der Waals surface area contributed by atoms with E-state index in [9.17, 15) is 12.8 Å². The van der Waals surface area contributed by atoms with E-state index in [2.05, 4.69) is 5.32 Å². The summed E-state index contributed by atoms with van der Waals surface area (Å²) in [5, 5.41) is 3.19. The fourth-order valence-electron chi connectivity index (χ4n) is 3.12. The minimum Gasteiger partial charge on any atom is -0.496 e. The number of sulfonamides is 1. The Bertz CT molecular complexity index is 870. The monoisotopic (exact) mass is 364 g/mol. The van der Waals surface area contributed by atoms with E-state index < -0.39 is 16.1 Å². The highest BCUT2D eigenvalue weighted by molar-refractivity contribution is 7.89. The van der Waals surface area contributed by atoms with Crippen molar-refractivity contribution >= 4 is 10.0 Å². The van der Waals surface area contributed by atoms with Crippen molar-refractivity contribution in [2.24, 2.45) is 0 Å². The second-order valence-electron chi connectivity index (χ2n) is 6.02. The summed E-state index contributed by atoms with van der Waals surface area (Å²) in [6.45, 7) is 3.13. The summed E-state index contributed by atoms with van der Waals surface area (Å²) in [6.07, 6.45) is 0. The Kier molecular flexibility index (Phi) is 5.08. The first-order valence-electron chi connectivity index (χ1n) is 8.06. The topological polar surface area (TPSA) is 58.6 Å². The zero-order valence-electron chi connectivity index (χ0n) is 14.2. The van der Waals surface area contributed by atoms with Crippen molar-refractivity contribution < 1.29 is 17.5 Å². The van der Waals surface area contributed by atoms with Gasteiger partial charge in [0.2, 0.25) is 10.0 Å².